The van der Waals surface area contributed by atoms with Crippen LogP contribution in [0.25, 0.3) is 0 Å². The molecule has 0 unspecified atom stereocenters. The normalized spacial score (nSPS) is 14.6. The minimum absolute atomic E-state index is 0.616. The Morgan fingerprint density at radius 3 is 2.64 bits per heavy atom. The molecule has 22 heavy (non-hydrogen) atoms. The first kappa shape index (κ1) is 15.1. The molecular weight excluding hydrogens is 272 g/mol. The van der Waals surface area contributed by atoms with E-state index in [1.807, 2.05) is 6.07 Å². The largest absolute Gasteiger partial charge is 0.489 e. The molecule has 3 rings (SSSR count). The Kier molecular flexibility index (Phi) is 5.09. The summed E-state index contributed by atoms with van der Waals surface area (Å²) in [6.07, 6.45) is 0. The highest BCUT2D eigenvalue weighted by atomic mass is 16.5. The predicted molar refractivity (Wildman–Crippen MR) is 90.0 cm³/mol. The summed E-state index contributed by atoms with van der Waals surface area (Å²) in [5.74, 6) is 1.73. The van der Waals surface area contributed by atoms with Crippen LogP contribution in [0, 0.1) is 12.8 Å². The molecule has 1 aliphatic heterocycles. The van der Waals surface area contributed by atoms with Crippen molar-refractivity contribution in [3.8, 4) is 5.75 Å². The van der Waals surface area contributed by atoms with Crippen LogP contribution in [-0.4, -0.2) is 19.6 Å². The third kappa shape index (κ3) is 4.33. The summed E-state index contributed by atoms with van der Waals surface area (Å²) in [7, 11) is 0. The zero-order chi connectivity index (χ0) is 15.2. The fourth-order valence-corrected chi connectivity index (χ4v) is 2.51. The molecule has 0 amide bonds. The molecule has 116 valence electrons. The van der Waals surface area contributed by atoms with Gasteiger partial charge in [0.25, 0.3) is 0 Å². The lowest BCUT2D eigenvalue weighted by atomic mass is 10.0. The number of nitrogens with one attached hydrogen (secondary N) is 2. The molecule has 1 aliphatic rings. The van der Waals surface area contributed by atoms with Gasteiger partial charge in [-0.1, -0.05) is 42.0 Å². The highest BCUT2D eigenvalue weighted by Crippen LogP contribution is 2.15. The molecule has 1 saturated heterocycles. The fourth-order valence-electron chi connectivity index (χ4n) is 2.51. The van der Waals surface area contributed by atoms with Gasteiger partial charge in [0.15, 0.2) is 0 Å². The third-order valence-electron chi connectivity index (χ3n) is 4.05. The van der Waals surface area contributed by atoms with Gasteiger partial charge in [0.1, 0.15) is 12.4 Å². The van der Waals surface area contributed by atoms with E-state index in [9.17, 15) is 0 Å². The summed E-state index contributed by atoms with van der Waals surface area (Å²) in [5.41, 5.74) is 3.75. The van der Waals surface area contributed by atoms with Crippen molar-refractivity contribution in [3.63, 3.8) is 0 Å². The third-order valence-corrected chi connectivity index (χ3v) is 4.05. The van der Waals surface area contributed by atoms with Gasteiger partial charge in [0.2, 0.25) is 0 Å². The van der Waals surface area contributed by atoms with E-state index in [1.165, 1.54) is 16.7 Å². The SMILES string of the molecule is Cc1ccc(COc2cccc(CNCC3CNC3)c2)cc1. The molecule has 2 aromatic rings. The van der Waals surface area contributed by atoms with Gasteiger partial charge in [-0.2, -0.15) is 0 Å². The predicted octanol–water partition coefficient (Wildman–Crippen LogP) is 2.88. The van der Waals surface area contributed by atoms with Crippen LogP contribution >= 0.6 is 0 Å². The Bertz CT molecular complexity index is 591. The van der Waals surface area contributed by atoms with Gasteiger partial charge < -0.3 is 15.4 Å². The number of ether oxygens (including phenoxy) is 1. The van der Waals surface area contributed by atoms with E-state index >= 15 is 0 Å². The zero-order valence-electron chi connectivity index (χ0n) is 13.1. The Morgan fingerprint density at radius 1 is 1.09 bits per heavy atom. The molecule has 0 bridgehead atoms. The molecule has 0 aliphatic carbocycles. The lowest BCUT2D eigenvalue weighted by molar-refractivity contribution is 0.305. The van der Waals surface area contributed by atoms with E-state index in [0.29, 0.717) is 6.61 Å². The lowest BCUT2D eigenvalue weighted by Gasteiger charge is -2.27. The Hall–Kier alpha value is -1.84. The van der Waals surface area contributed by atoms with E-state index < -0.39 is 0 Å². The van der Waals surface area contributed by atoms with E-state index in [2.05, 4.69) is 60.0 Å². The molecule has 2 aromatic carbocycles. The molecule has 2 N–H and O–H groups in total. The minimum atomic E-state index is 0.616. The second-order valence-electron chi connectivity index (χ2n) is 6.08. The second kappa shape index (κ2) is 7.43. The van der Waals surface area contributed by atoms with Gasteiger partial charge in [-0.15, -0.1) is 0 Å². The standard InChI is InChI=1S/C19H24N2O/c1-15-5-7-16(8-6-15)14-22-19-4-2-3-17(9-19)10-20-11-18-12-21-13-18/h2-9,18,20-21H,10-14H2,1H3. The number of hydrogen-bond donors (Lipinski definition) is 2. The van der Waals surface area contributed by atoms with Crippen molar-refractivity contribution in [1.29, 1.82) is 0 Å². The quantitative estimate of drug-likeness (QED) is 0.824. The molecule has 3 heteroatoms. The van der Waals surface area contributed by atoms with Gasteiger partial charge in [-0.3, -0.25) is 0 Å². The number of benzene rings is 2. The summed E-state index contributed by atoms with van der Waals surface area (Å²) in [5, 5.41) is 6.81. The Morgan fingerprint density at radius 2 is 1.91 bits per heavy atom. The van der Waals surface area contributed by atoms with E-state index in [-0.39, 0.29) is 0 Å². The summed E-state index contributed by atoms with van der Waals surface area (Å²) < 4.78 is 5.89. The number of aryl methyl sites for hydroxylation is 1. The summed E-state index contributed by atoms with van der Waals surface area (Å²) in [6, 6.07) is 16.8. The van der Waals surface area contributed by atoms with Crippen LogP contribution in [0.2, 0.25) is 0 Å². The molecule has 0 aromatic heterocycles. The lowest BCUT2D eigenvalue weighted by Crippen LogP contribution is -2.47. The fraction of sp³-hybridized carbons (Fsp3) is 0.368. The van der Waals surface area contributed by atoms with Crippen LogP contribution in [0.5, 0.6) is 5.75 Å². The van der Waals surface area contributed by atoms with Crippen molar-refractivity contribution >= 4 is 0 Å². The maximum atomic E-state index is 5.89. The molecule has 0 atom stereocenters. The topological polar surface area (TPSA) is 33.3 Å². The highest BCUT2D eigenvalue weighted by molar-refractivity contribution is 5.29. The Labute approximate surface area is 132 Å². The second-order valence-corrected chi connectivity index (χ2v) is 6.08. The van der Waals surface area contributed by atoms with Crippen LogP contribution in [0.4, 0.5) is 0 Å². The van der Waals surface area contributed by atoms with Crippen molar-refractivity contribution in [3.05, 3.63) is 65.2 Å². The molecule has 3 nitrogen and oxygen atoms in total. The molecular formula is C19H24N2O. The van der Waals surface area contributed by atoms with Gasteiger partial charge >= 0.3 is 0 Å². The first-order chi connectivity index (χ1) is 10.8. The molecule has 1 fully saturated rings. The highest BCUT2D eigenvalue weighted by Gasteiger charge is 2.15. The average Bonchev–Trinajstić information content (AvgIpc) is 2.50. The maximum absolute atomic E-state index is 5.89. The number of rotatable bonds is 7. The number of hydrogen-bond acceptors (Lipinski definition) is 3. The monoisotopic (exact) mass is 296 g/mol. The smallest absolute Gasteiger partial charge is 0.120 e. The van der Waals surface area contributed by atoms with Crippen LogP contribution in [-0.2, 0) is 13.2 Å². The van der Waals surface area contributed by atoms with Crippen molar-refractivity contribution in [1.82, 2.24) is 10.6 Å². The zero-order valence-corrected chi connectivity index (χ0v) is 13.1. The molecule has 1 heterocycles. The van der Waals surface area contributed by atoms with Crippen LogP contribution in [0.3, 0.4) is 0 Å². The summed E-state index contributed by atoms with van der Waals surface area (Å²) >= 11 is 0. The maximum Gasteiger partial charge on any atom is 0.120 e. The summed E-state index contributed by atoms with van der Waals surface area (Å²) in [6.45, 7) is 6.99. The van der Waals surface area contributed by atoms with E-state index in [1.54, 1.807) is 0 Å². The van der Waals surface area contributed by atoms with Crippen LogP contribution in [0.1, 0.15) is 16.7 Å². The van der Waals surface area contributed by atoms with Gasteiger partial charge in [0, 0.05) is 26.2 Å². The first-order valence-electron chi connectivity index (χ1n) is 7.98. The van der Waals surface area contributed by atoms with Crippen LogP contribution < -0.4 is 15.4 Å². The first-order valence-corrected chi connectivity index (χ1v) is 7.98. The van der Waals surface area contributed by atoms with Crippen molar-refractivity contribution in [2.24, 2.45) is 5.92 Å². The van der Waals surface area contributed by atoms with Crippen molar-refractivity contribution in [2.75, 3.05) is 19.6 Å². The minimum Gasteiger partial charge on any atom is -0.489 e. The Balaban J connectivity index is 1.48. The molecule has 0 spiro atoms. The van der Waals surface area contributed by atoms with Gasteiger partial charge in [0.05, 0.1) is 0 Å². The average molecular weight is 296 g/mol. The summed E-state index contributed by atoms with van der Waals surface area (Å²) in [4.78, 5) is 0. The molecule has 0 saturated carbocycles. The van der Waals surface area contributed by atoms with E-state index in [0.717, 1.165) is 37.8 Å². The molecule has 0 radical (unpaired) electrons. The van der Waals surface area contributed by atoms with Gasteiger partial charge in [-0.05, 0) is 36.1 Å². The van der Waals surface area contributed by atoms with Crippen LogP contribution in [0.15, 0.2) is 48.5 Å². The van der Waals surface area contributed by atoms with Crippen molar-refractivity contribution < 1.29 is 4.74 Å². The van der Waals surface area contributed by atoms with Crippen molar-refractivity contribution in [2.45, 2.75) is 20.1 Å². The van der Waals surface area contributed by atoms with E-state index in [4.69, 9.17) is 4.74 Å². The van der Waals surface area contributed by atoms with Gasteiger partial charge in [-0.25, -0.2) is 0 Å².